The molecule has 33 heavy (non-hydrogen) atoms. The molecule has 4 rings (SSSR count). The van der Waals surface area contributed by atoms with Crippen LogP contribution in [0.3, 0.4) is 0 Å². The van der Waals surface area contributed by atoms with E-state index in [4.69, 9.17) is 4.74 Å². The molecule has 3 aromatic carbocycles. The molecule has 0 bridgehead atoms. The molecule has 0 spiro atoms. The first-order valence-electron chi connectivity index (χ1n) is 10.8. The second kappa shape index (κ2) is 10.5. The van der Waals surface area contributed by atoms with Gasteiger partial charge >= 0.3 is 0 Å². The summed E-state index contributed by atoms with van der Waals surface area (Å²) in [5.74, 6) is 0.410. The topological polar surface area (TPSA) is 75.7 Å². The number of sulfonamides is 1. The van der Waals surface area contributed by atoms with Gasteiger partial charge in [0.15, 0.2) is 0 Å². The van der Waals surface area contributed by atoms with Crippen molar-refractivity contribution < 1.29 is 17.9 Å². The first kappa shape index (κ1) is 23.5. The normalized spacial score (nSPS) is 15.2. The molecule has 0 unspecified atom stereocenters. The van der Waals surface area contributed by atoms with E-state index in [0.717, 1.165) is 15.8 Å². The lowest BCUT2D eigenvalue weighted by Crippen LogP contribution is -2.41. The first-order chi connectivity index (χ1) is 15.9. The number of halogens is 1. The van der Waals surface area contributed by atoms with Gasteiger partial charge in [-0.25, -0.2) is 8.42 Å². The number of piperidine rings is 1. The van der Waals surface area contributed by atoms with E-state index in [-0.39, 0.29) is 16.7 Å². The summed E-state index contributed by atoms with van der Waals surface area (Å²) in [6.45, 7) is 1.12. The van der Waals surface area contributed by atoms with Gasteiger partial charge in [-0.3, -0.25) is 4.79 Å². The summed E-state index contributed by atoms with van der Waals surface area (Å²) in [4.78, 5) is 13.0. The number of carbonyl (C=O) groups excluding carboxylic acids is 1. The van der Waals surface area contributed by atoms with Gasteiger partial charge in [0.05, 0.1) is 4.90 Å². The minimum atomic E-state index is -3.55. The fourth-order valence-electron chi connectivity index (χ4n) is 3.73. The van der Waals surface area contributed by atoms with Crippen LogP contribution in [0.5, 0.6) is 5.75 Å². The molecule has 0 saturated carbocycles. The van der Waals surface area contributed by atoms with Crippen LogP contribution in [-0.2, 0) is 21.4 Å². The van der Waals surface area contributed by atoms with Crippen molar-refractivity contribution in [2.45, 2.75) is 24.3 Å². The van der Waals surface area contributed by atoms with Gasteiger partial charge in [0.1, 0.15) is 12.4 Å². The molecule has 0 radical (unpaired) electrons. The van der Waals surface area contributed by atoms with E-state index in [0.29, 0.717) is 38.2 Å². The van der Waals surface area contributed by atoms with Crippen molar-refractivity contribution in [1.82, 2.24) is 4.31 Å². The zero-order valence-electron chi connectivity index (χ0n) is 18.0. The van der Waals surface area contributed by atoms with Crippen molar-refractivity contribution in [3.05, 3.63) is 88.9 Å². The molecule has 172 valence electrons. The van der Waals surface area contributed by atoms with Gasteiger partial charge in [-0.15, -0.1) is 0 Å². The maximum Gasteiger partial charge on any atom is 0.243 e. The van der Waals surface area contributed by atoms with Crippen molar-refractivity contribution in [2.75, 3.05) is 18.4 Å². The van der Waals surface area contributed by atoms with Crippen LogP contribution in [0.1, 0.15) is 18.4 Å². The lowest BCUT2D eigenvalue weighted by molar-refractivity contribution is -0.120. The number of hydrogen-bond donors (Lipinski definition) is 1. The van der Waals surface area contributed by atoms with Crippen molar-refractivity contribution in [2.24, 2.45) is 5.92 Å². The minimum Gasteiger partial charge on any atom is -0.489 e. The maximum absolute atomic E-state index is 12.8. The van der Waals surface area contributed by atoms with Crippen LogP contribution in [-0.4, -0.2) is 31.7 Å². The number of amides is 1. The lowest BCUT2D eigenvalue weighted by atomic mass is 9.97. The average molecular weight is 529 g/mol. The maximum atomic E-state index is 12.8. The van der Waals surface area contributed by atoms with E-state index >= 15 is 0 Å². The number of benzene rings is 3. The van der Waals surface area contributed by atoms with Crippen LogP contribution in [0.15, 0.2) is 88.2 Å². The minimum absolute atomic E-state index is 0.0892. The fourth-order valence-corrected chi connectivity index (χ4v) is 5.47. The SMILES string of the molecule is O=C(Nc1ccc(OCc2ccccc2)cc1)C1CCN(S(=O)(=O)c2ccc(Br)cc2)CC1. The summed E-state index contributed by atoms with van der Waals surface area (Å²) in [6.07, 6.45) is 0.972. The second-order valence-corrected chi connectivity index (χ2v) is 10.8. The van der Waals surface area contributed by atoms with E-state index in [1.807, 2.05) is 54.6 Å². The molecular formula is C25H25BrN2O4S. The third kappa shape index (κ3) is 6.01. The molecule has 0 atom stereocenters. The Balaban J connectivity index is 1.28. The highest BCUT2D eigenvalue weighted by Crippen LogP contribution is 2.26. The number of hydrogen-bond acceptors (Lipinski definition) is 4. The third-order valence-electron chi connectivity index (χ3n) is 5.65. The summed E-state index contributed by atoms with van der Waals surface area (Å²) in [5.41, 5.74) is 1.78. The quantitative estimate of drug-likeness (QED) is 0.464. The van der Waals surface area contributed by atoms with Gasteiger partial charge < -0.3 is 10.1 Å². The van der Waals surface area contributed by atoms with Crippen LogP contribution in [0, 0.1) is 5.92 Å². The molecular weight excluding hydrogens is 504 g/mol. The number of anilines is 1. The van der Waals surface area contributed by atoms with Crippen molar-refractivity contribution in [1.29, 1.82) is 0 Å². The Morgan fingerprint density at radius 2 is 1.58 bits per heavy atom. The molecule has 1 fully saturated rings. The Morgan fingerprint density at radius 3 is 2.21 bits per heavy atom. The average Bonchev–Trinajstić information content (AvgIpc) is 2.84. The number of rotatable bonds is 7. The first-order valence-corrected chi connectivity index (χ1v) is 13.0. The van der Waals surface area contributed by atoms with E-state index < -0.39 is 10.0 Å². The molecule has 6 nitrogen and oxygen atoms in total. The highest BCUT2D eigenvalue weighted by Gasteiger charge is 2.32. The molecule has 1 aliphatic rings. The van der Waals surface area contributed by atoms with Crippen LogP contribution in [0.25, 0.3) is 0 Å². The number of carbonyl (C=O) groups is 1. The van der Waals surface area contributed by atoms with Gasteiger partial charge in [-0.05, 0) is 66.9 Å². The Hall–Kier alpha value is -2.68. The van der Waals surface area contributed by atoms with Crippen LogP contribution < -0.4 is 10.1 Å². The second-order valence-electron chi connectivity index (χ2n) is 7.92. The molecule has 1 N–H and O–H groups in total. The highest BCUT2D eigenvalue weighted by atomic mass is 79.9. The molecule has 3 aromatic rings. The molecule has 0 aromatic heterocycles. The van der Waals surface area contributed by atoms with E-state index in [1.54, 1.807) is 24.3 Å². The smallest absolute Gasteiger partial charge is 0.243 e. The summed E-state index contributed by atoms with van der Waals surface area (Å²) >= 11 is 3.32. The Labute approximate surface area is 202 Å². The molecule has 0 aliphatic carbocycles. The Bertz CT molecular complexity index is 1180. The zero-order chi connectivity index (χ0) is 23.3. The summed E-state index contributed by atoms with van der Waals surface area (Å²) in [5, 5.41) is 2.94. The number of ether oxygens (including phenoxy) is 1. The largest absolute Gasteiger partial charge is 0.489 e. The van der Waals surface area contributed by atoms with Crippen LogP contribution in [0.2, 0.25) is 0 Å². The third-order valence-corrected chi connectivity index (χ3v) is 8.09. The number of nitrogens with zero attached hydrogens (tertiary/aromatic N) is 1. The van der Waals surface area contributed by atoms with Gasteiger partial charge in [0.2, 0.25) is 15.9 Å². The van der Waals surface area contributed by atoms with Crippen molar-refractivity contribution in [3.8, 4) is 5.75 Å². The van der Waals surface area contributed by atoms with E-state index in [2.05, 4.69) is 21.2 Å². The molecule has 1 aliphatic heterocycles. The van der Waals surface area contributed by atoms with Crippen LogP contribution >= 0.6 is 15.9 Å². The monoisotopic (exact) mass is 528 g/mol. The summed E-state index contributed by atoms with van der Waals surface area (Å²) < 4.78 is 33.7. The summed E-state index contributed by atoms with van der Waals surface area (Å²) in [6, 6.07) is 23.8. The van der Waals surface area contributed by atoms with E-state index in [9.17, 15) is 13.2 Å². The van der Waals surface area contributed by atoms with Crippen molar-refractivity contribution >= 4 is 37.5 Å². The van der Waals surface area contributed by atoms with Gasteiger partial charge in [0.25, 0.3) is 0 Å². The van der Waals surface area contributed by atoms with Crippen LogP contribution in [0.4, 0.5) is 5.69 Å². The predicted molar refractivity (Wildman–Crippen MR) is 131 cm³/mol. The van der Waals surface area contributed by atoms with Crippen molar-refractivity contribution in [3.63, 3.8) is 0 Å². The standard InChI is InChI=1S/C25H25BrN2O4S/c26-21-6-12-24(13-7-21)33(30,31)28-16-14-20(15-17-28)25(29)27-22-8-10-23(11-9-22)32-18-19-4-2-1-3-5-19/h1-13,20H,14-18H2,(H,27,29). The van der Waals surface area contributed by atoms with Gasteiger partial charge in [-0.2, -0.15) is 4.31 Å². The lowest BCUT2D eigenvalue weighted by Gasteiger charge is -2.30. The molecule has 1 amide bonds. The molecule has 1 heterocycles. The molecule has 8 heteroatoms. The van der Waals surface area contributed by atoms with E-state index in [1.165, 1.54) is 4.31 Å². The fraction of sp³-hybridized carbons (Fsp3) is 0.240. The highest BCUT2D eigenvalue weighted by molar-refractivity contribution is 9.10. The molecule has 1 saturated heterocycles. The predicted octanol–water partition coefficient (Wildman–Crippen LogP) is 5.07. The van der Waals surface area contributed by atoms with Gasteiger partial charge in [-0.1, -0.05) is 46.3 Å². The Morgan fingerprint density at radius 1 is 0.939 bits per heavy atom. The number of nitrogens with one attached hydrogen (secondary N) is 1. The zero-order valence-corrected chi connectivity index (χ0v) is 20.4. The summed E-state index contributed by atoms with van der Waals surface area (Å²) in [7, 11) is -3.55. The van der Waals surface area contributed by atoms with Gasteiger partial charge in [0, 0.05) is 29.2 Å². The Kier molecular flexibility index (Phi) is 7.47.